The summed E-state index contributed by atoms with van der Waals surface area (Å²) in [7, 11) is 0. The van der Waals surface area contributed by atoms with Gasteiger partial charge >= 0.3 is 0 Å². The maximum absolute atomic E-state index is 11.4. The third kappa shape index (κ3) is 3.59. The van der Waals surface area contributed by atoms with Crippen molar-refractivity contribution in [2.45, 2.75) is 32.8 Å². The van der Waals surface area contributed by atoms with E-state index in [1.54, 1.807) is 6.92 Å². The van der Waals surface area contributed by atoms with E-state index >= 15 is 0 Å². The number of rotatable bonds is 4. The molecular formula is C13H17NO2. The predicted octanol–water partition coefficient (Wildman–Crippen LogP) is 2.18. The van der Waals surface area contributed by atoms with Crippen LogP contribution < -0.4 is 0 Å². The quantitative estimate of drug-likeness (QED) is 0.789. The number of hydrogen-bond acceptors (Lipinski definition) is 2. The summed E-state index contributed by atoms with van der Waals surface area (Å²) >= 11 is 0. The van der Waals surface area contributed by atoms with Crippen molar-refractivity contribution >= 4 is 11.6 Å². The molecule has 16 heavy (non-hydrogen) atoms. The van der Waals surface area contributed by atoms with Gasteiger partial charge in [0.2, 0.25) is 5.91 Å². The zero-order valence-corrected chi connectivity index (χ0v) is 9.68. The molecule has 1 unspecified atom stereocenters. The fourth-order valence-electron chi connectivity index (χ4n) is 1.41. The average molecular weight is 219 g/mol. The van der Waals surface area contributed by atoms with Gasteiger partial charge in [0.25, 0.3) is 0 Å². The molecule has 0 aromatic heterocycles. The SMILES string of the molecule is CCCC(=O)/N=C(/c1ccccc1)C(C)O. The molecule has 0 aliphatic rings. The zero-order valence-electron chi connectivity index (χ0n) is 9.68. The molecule has 1 aromatic carbocycles. The third-order valence-corrected chi connectivity index (χ3v) is 2.17. The van der Waals surface area contributed by atoms with Crippen LogP contribution in [-0.2, 0) is 4.79 Å². The summed E-state index contributed by atoms with van der Waals surface area (Å²) in [5.41, 5.74) is 1.24. The van der Waals surface area contributed by atoms with Crippen molar-refractivity contribution in [2.24, 2.45) is 4.99 Å². The van der Waals surface area contributed by atoms with E-state index in [1.807, 2.05) is 37.3 Å². The zero-order chi connectivity index (χ0) is 12.0. The molecule has 1 atom stereocenters. The number of benzene rings is 1. The van der Waals surface area contributed by atoms with Crippen LogP contribution in [0, 0.1) is 0 Å². The first-order valence-electron chi connectivity index (χ1n) is 5.50. The van der Waals surface area contributed by atoms with Crippen LogP contribution in [0.5, 0.6) is 0 Å². The Hall–Kier alpha value is -1.48. The van der Waals surface area contributed by atoms with Crippen LogP contribution in [0.15, 0.2) is 35.3 Å². The van der Waals surface area contributed by atoms with Gasteiger partial charge in [0.05, 0.1) is 11.8 Å². The van der Waals surface area contributed by atoms with E-state index in [-0.39, 0.29) is 5.91 Å². The molecular weight excluding hydrogens is 202 g/mol. The molecule has 0 spiro atoms. The number of nitrogens with zero attached hydrogens (tertiary/aromatic N) is 1. The predicted molar refractivity (Wildman–Crippen MR) is 64.6 cm³/mol. The lowest BCUT2D eigenvalue weighted by Gasteiger charge is -2.08. The summed E-state index contributed by atoms with van der Waals surface area (Å²) in [5, 5.41) is 9.60. The molecule has 1 amide bonds. The molecule has 0 saturated carbocycles. The van der Waals surface area contributed by atoms with Crippen LogP contribution in [0.4, 0.5) is 0 Å². The van der Waals surface area contributed by atoms with Crippen LogP contribution >= 0.6 is 0 Å². The molecule has 3 nitrogen and oxygen atoms in total. The van der Waals surface area contributed by atoms with Gasteiger partial charge in [0, 0.05) is 6.42 Å². The summed E-state index contributed by atoms with van der Waals surface area (Å²) in [6.07, 6.45) is 0.455. The molecule has 0 aliphatic heterocycles. The average Bonchev–Trinajstić information content (AvgIpc) is 2.27. The molecule has 0 fully saturated rings. The van der Waals surface area contributed by atoms with E-state index < -0.39 is 6.10 Å². The standard InChI is InChI=1S/C13H17NO2/c1-3-7-12(16)14-13(10(2)15)11-8-5-4-6-9-11/h4-6,8-10,15H,3,7H2,1-2H3/b14-13+. The van der Waals surface area contributed by atoms with Crippen LogP contribution in [0.3, 0.4) is 0 Å². The molecule has 86 valence electrons. The van der Waals surface area contributed by atoms with E-state index in [0.29, 0.717) is 12.1 Å². The van der Waals surface area contributed by atoms with Gasteiger partial charge in [0.15, 0.2) is 0 Å². The Morgan fingerprint density at radius 3 is 2.50 bits per heavy atom. The summed E-state index contributed by atoms with van der Waals surface area (Å²) in [4.78, 5) is 15.4. The summed E-state index contributed by atoms with van der Waals surface area (Å²) in [6, 6.07) is 9.28. The summed E-state index contributed by atoms with van der Waals surface area (Å²) in [6.45, 7) is 3.54. The van der Waals surface area contributed by atoms with Gasteiger partial charge in [0.1, 0.15) is 0 Å². The van der Waals surface area contributed by atoms with E-state index in [2.05, 4.69) is 4.99 Å². The van der Waals surface area contributed by atoms with Crippen molar-refractivity contribution in [3.63, 3.8) is 0 Å². The fraction of sp³-hybridized carbons (Fsp3) is 0.385. The Bertz CT molecular complexity index is 369. The Balaban J connectivity index is 2.96. The number of carbonyl (C=O) groups is 1. The van der Waals surface area contributed by atoms with Gasteiger partial charge < -0.3 is 5.11 Å². The van der Waals surface area contributed by atoms with Crippen molar-refractivity contribution in [1.29, 1.82) is 0 Å². The Morgan fingerprint density at radius 2 is 2.00 bits per heavy atom. The molecule has 0 radical (unpaired) electrons. The molecule has 3 heteroatoms. The number of aliphatic imine (C=N–C) groups is 1. The van der Waals surface area contributed by atoms with E-state index in [9.17, 15) is 9.90 Å². The minimum atomic E-state index is -0.733. The van der Waals surface area contributed by atoms with Gasteiger partial charge in [-0.1, -0.05) is 37.3 Å². The van der Waals surface area contributed by atoms with Crippen LogP contribution in [0.1, 0.15) is 32.3 Å². The summed E-state index contributed by atoms with van der Waals surface area (Å²) < 4.78 is 0. The minimum absolute atomic E-state index is 0.178. The second-order valence-electron chi connectivity index (χ2n) is 3.68. The first-order chi connectivity index (χ1) is 7.65. The fourth-order valence-corrected chi connectivity index (χ4v) is 1.41. The van der Waals surface area contributed by atoms with Crippen LogP contribution in [0.25, 0.3) is 0 Å². The van der Waals surface area contributed by atoms with E-state index in [1.165, 1.54) is 0 Å². The highest BCUT2D eigenvalue weighted by atomic mass is 16.3. The van der Waals surface area contributed by atoms with E-state index in [4.69, 9.17) is 0 Å². The molecule has 1 aromatic rings. The molecule has 0 bridgehead atoms. The molecule has 0 heterocycles. The van der Waals surface area contributed by atoms with Crippen molar-refractivity contribution in [2.75, 3.05) is 0 Å². The Labute approximate surface area is 95.8 Å². The van der Waals surface area contributed by atoms with E-state index in [0.717, 1.165) is 12.0 Å². The highest BCUT2D eigenvalue weighted by Gasteiger charge is 2.11. The van der Waals surface area contributed by atoms with Crippen LogP contribution in [-0.4, -0.2) is 22.8 Å². The maximum atomic E-state index is 11.4. The minimum Gasteiger partial charge on any atom is -0.387 e. The lowest BCUT2D eigenvalue weighted by Crippen LogP contribution is -2.19. The van der Waals surface area contributed by atoms with Crippen molar-refractivity contribution in [3.8, 4) is 0 Å². The number of hydrogen-bond donors (Lipinski definition) is 1. The van der Waals surface area contributed by atoms with Crippen molar-refractivity contribution in [3.05, 3.63) is 35.9 Å². The normalized spacial score (nSPS) is 13.6. The molecule has 0 aliphatic carbocycles. The first kappa shape index (κ1) is 12.6. The Morgan fingerprint density at radius 1 is 1.38 bits per heavy atom. The van der Waals surface area contributed by atoms with Gasteiger partial charge in [-0.3, -0.25) is 4.79 Å². The lowest BCUT2D eigenvalue weighted by atomic mass is 10.1. The highest BCUT2D eigenvalue weighted by Crippen LogP contribution is 2.06. The smallest absolute Gasteiger partial charge is 0.246 e. The molecule has 1 N–H and O–H groups in total. The maximum Gasteiger partial charge on any atom is 0.246 e. The van der Waals surface area contributed by atoms with Gasteiger partial charge in [-0.25, -0.2) is 4.99 Å². The van der Waals surface area contributed by atoms with Crippen molar-refractivity contribution < 1.29 is 9.90 Å². The largest absolute Gasteiger partial charge is 0.387 e. The highest BCUT2D eigenvalue weighted by molar-refractivity contribution is 6.08. The Kier molecular flexibility index (Phi) is 4.86. The second kappa shape index (κ2) is 6.18. The number of amides is 1. The van der Waals surface area contributed by atoms with Crippen LogP contribution in [0.2, 0.25) is 0 Å². The first-order valence-corrected chi connectivity index (χ1v) is 5.50. The van der Waals surface area contributed by atoms with Gasteiger partial charge in [-0.2, -0.15) is 0 Å². The third-order valence-electron chi connectivity index (χ3n) is 2.17. The van der Waals surface area contributed by atoms with Crippen molar-refractivity contribution in [1.82, 2.24) is 0 Å². The second-order valence-corrected chi connectivity index (χ2v) is 3.68. The molecule has 1 rings (SSSR count). The van der Waals surface area contributed by atoms with Gasteiger partial charge in [-0.05, 0) is 18.9 Å². The monoisotopic (exact) mass is 219 g/mol. The number of aliphatic hydroxyl groups is 1. The summed E-state index contributed by atoms with van der Waals surface area (Å²) in [5.74, 6) is -0.178. The topological polar surface area (TPSA) is 49.7 Å². The lowest BCUT2D eigenvalue weighted by molar-refractivity contribution is -0.117. The number of carbonyl (C=O) groups excluding carboxylic acids is 1. The molecule has 0 saturated heterocycles. The number of aliphatic hydroxyl groups excluding tert-OH is 1. The van der Waals surface area contributed by atoms with Gasteiger partial charge in [-0.15, -0.1) is 0 Å².